The Morgan fingerprint density at radius 1 is 1.09 bits per heavy atom. The Balaban J connectivity index is 1.36. The minimum atomic E-state index is -0.141. The third-order valence-electron chi connectivity index (χ3n) is 8.15. The highest BCUT2D eigenvalue weighted by Gasteiger charge is 2.68. The molecular formula is C25H35N3O4. The van der Waals surface area contributed by atoms with E-state index >= 15 is 0 Å². The Labute approximate surface area is 190 Å². The van der Waals surface area contributed by atoms with Crippen molar-refractivity contribution in [2.24, 2.45) is 22.7 Å². The summed E-state index contributed by atoms with van der Waals surface area (Å²) in [4.78, 5) is 35.6. The van der Waals surface area contributed by atoms with Gasteiger partial charge < -0.3 is 20.7 Å². The fraction of sp³-hybridized carbons (Fsp3) is 0.640. The maximum absolute atomic E-state index is 12.5. The number of hydrogen-bond acceptors (Lipinski definition) is 4. The highest BCUT2D eigenvalue weighted by atomic mass is 16.5. The second kappa shape index (κ2) is 8.50. The van der Waals surface area contributed by atoms with Crippen molar-refractivity contribution in [3.63, 3.8) is 0 Å². The molecule has 1 saturated heterocycles. The number of fused-ring (bicyclic) bond motifs is 1. The van der Waals surface area contributed by atoms with Crippen LogP contribution in [0.1, 0.15) is 63.7 Å². The van der Waals surface area contributed by atoms with Crippen LogP contribution in [0.25, 0.3) is 0 Å². The van der Waals surface area contributed by atoms with Crippen LogP contribution in [0.4, 0.5) is 5.69 Å². The van der Waals surface area contributed by atoms with E-state index in [1.165, 1.54) is 6.92 Å². The van der Waals surface area contributed by atoms with Gasteiger partial charge in [0.1, 0.15) is 0 Å². The zero-order valence-electron chi connectivity index (χ0n) is 19.5. The number of rotatable bonds is 6. The largest absolute Gasteiger partial charge is 0.378 e. The van der Waals surface area contributed by atoms with Crippen LogP contribution in [0.5, 0.6) is 0 Å². The molecule has 4 rings (SSSR count). The average molecular weight is 442 g/mol. The minimum absolute atomic E-state index is 0.0450. The summed E-state index contributed by atoms with van der Waals surface area (Å²) in [5.74, 6) is 0.779. The van der Waals surface area contributed by atoms with E-state index in [4.69, 9.17) is 4.74 Å². The van der Waals surface area contributed by atoms with Crippen molar-refractivity contribution in [3.05, 3.63) is 29.8 Å². The van der Waals surface area contributed by atoms with Gasteiger partial charge in [-0.15, -0.1) is 0 Å². The summed E-state index contributed by atoms with van der Waals surface area (Å²) in [5.41, 5.74) is 1.43. The predicted molar refractivity (Wildman–Crippen MR) is 122 cm³/mol. The molecule has 5 atom stereocenters. The number of nitrogens with one attached hydrogen (secondary N) is 3. The molecular weight excluding hydrogens is 406 g/mol. The van der Waals surface area contributed by atoms with Crippen LogP contribution in [0.2, 0.25) is 0 Å². The van der Waals surface area contributed by atoms with Crippen molar-refractivity contribution in [2.75, 3.05) is 18.5 Å². The molecule has 1 heterocycles. The molecule has 3 fully saturated rings. The first-order chi connectivity index (χ1) is 15.1. The molecule has 3 amide bonds. The second-order valence-electron chi connectivity index (χ2n) is 10.4. The zero-order chi connectivity index (χ0) is 23.1. The van der Waals surface area contributed by atoms with Gasteiger partial charge in [-0.1, -0.05) is 13.8 Å². The molecule has 0 aromatic heterocycles. The highest BCUT2D eigenvalue weighted by molar-refractivity contribution is 5.95. The van der Waals surface area contributed by atoms with Gasteiger partial charge in [-0.25, -0.2) is 0 Å². The summed E-state index contributed by atoms with van der Waals surface area (Å²) in [7, 11) is 0. The lowest BCUT2D eigenvalue weighted by Gasteiger charge is -2.53. The third-order valence-corrected chi connectivity index (χ3v) is 8.15. The lowest BCUT2D eigenvalue weighted by atomic mass is 9.59. The summed E-state index contributed by atoms with van der Waals surface area (Å²) in [6.07, 6.45) is 4.15. The second-order valence-corrected chi connectivity index (χ2v) is 10.4. The van der Waals surface area contributed by atoms with E-state index in [0.29, 0.717) is 36.2 Å². The van der Waals surface area contributed by atoms with Gasteiger partial charge in [-0.2, -0.15) is 0 Å². The summed E-state index contributed by atoms with van der Waals surface area (Å²) in [6, 6.07) is 7.05. The fourth-order valence-electron chi connectivity index (χ4n) is 6.74. The molecule has 7 nitrogen and oxygen atoms in total. The number of amides is 3. The average Bonchev–Trinajstić information content (AvgIpc) is 3.21. The van der Waals surface area contributed by atoms with E-state index in [2.05, 4.69) is 29.8 Å². The lowest BCUT2D eigenvalue weighted by molar-refractivity contribution is -0.135. The molecule has 2 aliphatic carbocycles. The monoisotopic (exact) mass is 441 g/mol. The minimum Gasteiger partial charge on any atom is -0.378 e. The van der Waals surface area contributed by atoms with Crippen LogP contribution >= 0.6 is 0 Å². The van der Waals surface area contributed by atoms with Gasteiger partial charge in [-0.05, 0) is 72.6 Å². The Morgan fingerprint density at radius 3 is 2.47 bits per heavy atom. The molecule has 2 saturated carbocycles. The highest BCUT2D eigenvalue weighted by Crippen LogP contribution is 2.68. The van der Waals surface area contributed by atoms with Crippen LogP contribution in [-0.4, -0.2) is 43.0 Å². The van der Waals surface area contributed by atoms with Gasteiger partial charge in [0, 0.05) is 44.3 Å². The fourth-order valence-corrected chi connectivity index (χ4v) is 6.74. The van der Waals surface area contributed by atoms with E-state index in [0.717, 1.165) is 25.7 Å². The van der Waals surface area contributed by atoms with Crippen LogP contribution in [0.3, 0.4) is 0 Å². The maximum atomic E-state index is 12.5. The van der Waals surface area contributed by atoms with Crippen LogP contribution in [0, 0.1) is 22.7 Å². The van der Waals surface area contributed by atoms with Crippen molar-refractivity contribution < 1.29 is 19.1 Å². The molecule has 3 aliphatic rings. The Kier molecular flexibility index (Phi) is 6.05. The molecule has 32 heavy (non-hydrogen) atoms. The first-order valence-corrected chi connectivity index (χ1v) is 11.7. The SMILES string of the molecule is CC(=O)Nc1ccc(C(=O)NCC[C@H]2OCC[C@@]34C[C@@H](C[C@H]23)C(C)(C)[C@@H]4NC(C)=O)cc1. The van der Waals surface area contributed by atoms with Gasteiger partial charge in [-0.3, -0.25) is 14.4 Å². The van der Waals surface area contributed by atoms with E-state index in [9.17, 15) is 14.4 Å². The Hall–Kier alpha value is -2.41. The van der Waals surface area contributed by atoms with E-state index < -0.39 is 0 Å². The van der Waals surface area contributed by atoms with Crippen molar-refractivity contribution in [2.45, 2.75) is 65.5 Å². The molecule has 3 N–H and O–H groups in total. The maximum Gasteiger partial charge on any atom is 0.251 e. The molecule has 0 unspecified atom stereocenters. The predicted octanol–water partition coefficient (Wildman–Crippen LogP) is 3.11. The molecule has 174 valence electrons. The topological polar surface area (TPSA) is 96.5 Å². The normalized spacial score (nSPS) is 32.1. The van der Waals surface area contributed by atoms with Crippen LogP contribution < -0.4 is 16.0 Å². The number of ether oxygens (including phenoxy) is 1. The first-order valence-electron chi connectivity index (χ1n) is 11.7. The van der Waals surface area contributed by atoms with Crippen LogP contribution in [0.15, 0.2) is 24.3 Å². The van der Waals surface area contributed by atoms with Gasteiger partial charge in [0.25, 0.3) is 5.91 Å². The van der Waals surface area contributed by atoms with Crippen molar-refractivity contribution in [1.82, 2.24) is 10.6 Å². The van der Waals surface area contributed by atoms with Gasteiger partial charge in [0.05, 0.1) is 6.10 Å². The van der Waals surface area contributed by atoms with Crippen LogP contribution in [-0.2, 0) is 14.3 Å². The zero-order valence-corrected chi connectivity index (χ0v) is 19.5. The summed E-state index contributed by atoms with van der Waals surface area (Å²) in [5, 5.41) is 9.01. The molecule has 7 heteroatoms. The summed E-state index contributed by atoms with van der Waals surface area (Å²) >= 11 is 0. The number of benzene rings is 1. The lowest BCUT2D eigenvalue weighted by Crippen LogP contribution is -2.60. The van der Waals surface area contributed by atoms with Gasteiger partial charge in [0.15, 0.2) is 0 Å². The number of carbonyl (C=O) groups is 3. The quantitative estimate of drug-likeness (QED) is 0.632. The van der Waals surface area contributed by atoms with Crippen molar-refractivity contribution in [1.29, 1.82) is 0 Å². The van der Waals surface area contributed by atoms with Crippen molar-refractivity contribution >= 4 is 23.4 Å². The molecule has 2 bridgehead atoms. The number of anilines is 1. The molecule has 1 aromatic carbocycles. The third kappa shape index (κ3) is 4.03. The van der Waals surface area contributed by atoms with Crippen molar-refractivity contribution in [3.8, 4) is 0 Å². The van der Waals surface area contributed by atoms with Gasteiger partial charge >= 0.3 is 0 Å². The molecule has 1 spiro atoms. The Bertz CT molecular complexity index is 897. The smallest absolute Gasteiger partial charge is 0.251 e. The summed E-state index contributed by atoms with van der Waals surface area (Å²) in [6.45, 7) is 8.91. The molecule has 0 radical (unpaired) electrons. The van der Waals surface area contributed by atoms with E-state index in [1.54, 1.807) is 31.2 Å². The van der Waals surface area contributed by atoms with E-state index in [-0.39, 0.29) is 40.7 Å². The van der Waals surface area contributed by atoms with E-state index in [1.807, 2.05) is 0 Å². The first kappa shape index (κ1) is 22.8. The summed E-state index contributed by atoms with van der Waals surface area (Å²) < 4.78 is 6.20. The van der Waals surface area contributed by atoms with Gasteiger partial charge in [0.2, 0.25) is 11.8 Å². The Morgan fingerprint density at radius 2 is 1.81 bits per heavy atom. The molecule has 1 aliphatic heterocycles. The standard InChI is InChI=1S/C25H35N3O4/c1-15(29)27-19-7-5-17(6-8-19)22(31)26-11-9-21-20-13-18-14-25(20,10-12-32-21)23(24(18,3)4)28-16(2)30/h5-8,18,20-21,23H,9-14H2,1-4H3,(H,26,31)(H,27,29)(H,28,30)/t18-,20-,21-,23+,25-/m1/s1. The number of carbonyl (C=O) groups excluding carboxylic acids is 3. The molecule has 1 aromatic rings. The number of hydrogen-bond donors (Lipinski definition) is 3.